The topological polar surface area (TPSA) is 70.1 Å². The molecule has 3 heterocycles. The maximum atomic E-state index is 12.5. The van der Waals surface area contributed by atoms with Gasteiger partial charge in [-0.1, -0.05) is 0 Å². The molecule has 0 radical (unpaired) electrons. The monoisotopic (exact) mass is 352 g/mol. The zero-order valence-electron chi connectivity index (χ0n) is 15.5. The minimum Gasteiger partial charge on any atom is -0.390 e. The summed E-state index contributed by atoms with van der Waals surface area (Å²) in [6.45, 7) is 5.45. The molecule has 3 rings (SSSR count). The van der Waals surface area contributed by atoms with E-state index in [0.717, 1.165) is 38.6 Å². The van der Waals surface area contributed by atoms with E-state index in [1.807, 2.05) is 16.7 Å². The molecule has 1 N–H and O–H groups in total. The molecule has 1 unspecified atom stereocenters. The highest BCUT2D eigenvalue weighted by molar-refractivity contribution is 5.77. The van der Waals surface area contributed by atoms with Crippen LogP contribution in [0.1, 0.15) is 64.7 Å². The first-order valence-corrected chi connectivity index (χ1v) is 9.81. The molecule has 0 saturated carbocycles. The van der Waals surface area contributed by atoms with E-state index in [0.29, 0.717) is 51.9 Å². The molecule has 0 aromatic carbocycles. The normalized spacial score (nSPS) is 29.9. The predicted molar refractivity (Wildman–Crippen MR) is 94.0 cm³/mol. The van der Waals surface area contributed by atoms with Crippen LogP contribution in [0.3, 0.4) is 0 Å². The lowest BCUT2D eigenvalue weighted by Gasteiger charge is -2.48. The van der Waals surface area contributed by atoms with Gasteiger partial charge in [0.05, 0.1) is 17.8 Å². The SMILES string of the molecule is CC1(O)CCOC2(CCN(C(=O)CCCN3CCCCC3=O)CC2)C1. The molecule has 142 valence electrons. The fourth-order valence-corrected chi connectivity index (χ4v) is 4.48. The summed E-state index contributed by atoms with van der Waals surface area (Å²) in [4.78, 5) is 28.1. The van der Waals surface area contributed by atoms with Crippen molar-refractivity contribution in [1.29, 1.82) is 0 Å². The zero-order valence-corrected chi connectivity index (χ0v) is 15.5. The number of carbonyl (C=O) groups excluding carboxylic acids is 2. The van der Waals surface area contributed by atoms with Crippen LogP contribution in [0.4, 0.5) is 0 Å². The molecular weight excluding hydrogens is 320 g/mol. The van der Waals surface area contributed by atoms with Gasteiger partial charge in [-0.05, 0) is 45.4 Å². The van der Waals surface area contributed by atoms with Crippen molar-refractivity contribution in [1.82, 2.24) is 9.80 Å². The largest absolute Gasteiger partial charge is 0.390 e. The van der Waals surface area contributed by atoms with Crippen molar-refractivity contribution in [3.05, 3.63) is 0 Å². The summed E-state index contributed by atoms with van der Waals surface area (Å²) >= 11 is 0. The molecule has 1 spiro atoms. The summed E-state index contributed by atoms with van der Waals surface area (Å²) in [5, 5.41) is 10.3. The second kappa shape index (κ2) is 7.62. The summed E-state index contributed by atoms with van der Waals surface area (Å²) in [5.74, 6) is 0.419. The molecule has 6 heteroatoms. The Hall–Kier alpha value is -1.14. The van der Waals surface area contributed by atoms with Crippen LogP contribution < -0.4 is 0 Å². The highest BCUT2D eigenvalue weighted by Crippen LogP contribution is 2.39. The van der Waals surface area contributed by atoms with Crippen molar-refractivity contribution >= 4 is 11.8 Å². The lowest BCUT2D eigenvalue weighted by Crippen LogP contribution is -2.54. The van der Waals surface area contributed by atoms with Gasteiger partial charge < -0.3 is 19.6 Å². The van der Waals surface area contributed by atoms with Crippen LogP contribution in [0.15, 0.2) is 0 Å². The number of hydrogen-bond acceptors (Lipinski definition) is 4. The van der Waals surface area contributed by atoms with Crippen LogP contribution >= 0.6 is 0 Å². The number of likely N-dealkylation sites (tertiary alicyclic amines) is 2. The van der Waals surface area contributed by atoms with Crippen molar-refractivity contribution in [2.75, 3.05) is 32.8 Å². The Bertz CT molecular complexity index is 498. The average molecular weight is 352 g/mol. The van der Waals surface area contributed by atoms with Gasteiger partial charge in [-0.15, -0.1) is 0 Å². The molecule has 3 aliphatic rings. The van der Waals surface area contributed by atoms with Crippen LogP contribution in [0.25, 0.3) is 0 Å². The van der Waals surface area contributed by atoms with Gasteiger partial charge in [0.15, 0.2) is 0 Å². The summed E-state index contributed by atoms with van der Waals surface area (Å²) in [6, 6.07) is 0. The van der Waals surface area contributed by atoms with E-state index in [1.165, 1.54) is 0 Å². The number of nitrogens with zero attached hydrogens (tertiary/aromatic N) is 2. The zero-order chi connectivity index (χ0) is 17.9. The van der Waals surface area contributed by atoms with E-state index in [9.17, 15) is 14.7 Å². The lowest BCUT2D eigenvalue weighted by atomic mass is 9.78. The van der Waals surface area contributed by atoms with E-state index < -0.39 is 5.60 Å². The second-order valence-electron chi connectivity index (χ2n) is 8.28. The molecule has 3 fully saturated rings. The third-order valence-corrected chi connectivity index (χ3v) is 6.02. The maximum Gasteiger partial charge on any atom is 0.222 e. The van der Waals surface area contributed by atoms with Gasteiger partial charge in [-0.3, -0.25) is 9.59 Å². The first-order valence-electron chi connectivity index (χ1n) is 9.81. The molecule has 2 amide bonds. The third-order valence-electron chi connectivity index (χ3n) is 6.02. The highest BCUT2D eigenvalue weighted by atomic mass is 16.5. The van der Waals surface area contributed by atoms with Crippen LogP contribution in [0.2, 0.25) is 0 Å². The number of hydrogen-bond donors (Lipinski definition) is 1. The van der Waals surface area contributed by atoms with Crippen molar-refractivity contribution in [3.8, 4) is 0 Å². The van der Waals surface area contributed by atoms with E-state index in [2.05, 4.69) is 0 Å². The number of rotatable bonds is 4. The molecule has 25 heavy (non-hydrogen) atoms. The summed E-state index contributed by atoms with van der Waals surface area (Å²) in [5.41, 5.74) is -0.899. The number of amides is 2. The molecule has 1 atom stereocenters. The predicted octanol–water partition coefficient (Wildman–Crippen LogP) is 1.70. The fraction of sp³-hybridized carbons (Fsp3) is 0.895. The second-order valence-corrected chi connectivity index (χ2v) is 8.28. The van der Waals surface area contributed by atoms with Gasteiger partial charge >= 0.3 is 0 Å². The third kappa shape index (κ3) is 4.73. The summed E-state index contributed by atoms with van der Waals surface area (Å²) in [7, 11) is 0. The summed E-state index contributed by atoms with van der Waals surface area (Å²) in [6.07, 6.45) is 6.96. The van der Waals surface area contributed by atoms with Gasteiger partial charge in [-0.2, -0.15) is 0 Å². The smallest absolute Gasteiger partial charge is 0.222 e. The first kappa shape index (κ1) is 18.6. The molecule has 0 aliphatic carbocycles. The number of piperidine rings is 2. The van der Waals surface area contributed by atoms with E-state index in [1.54, 1.807) is 0 Å². The molecule has 0 aromatic rings. The Morgan fingerprint density at radius 1 is 1.20 bits per heavy atom. The van der Waals surface area contributed by atoms with Crippen molar-refractivity contribution < 1.29 is 19.4 Å². The molecule has 3 aliphatic heterocycles. The molecule has 6 nitrogen and oxygen atoms in total. The van der Waals surface area contributed by atoms with Crippen LogP contribution in [-0.2, 0) is 14.3 Å². The van der Waals surface area contributed by atoms with Crippen LogP contribution in [0, 0.1) is 0 Å². The van der Waals surface area contributed by atoms with Crippen molar-refractivity contribution in [2.45, 2.75) is 75.9 Å². The van der Waals surface area contributed by atoms with Crippen LogP contribution in [-0.4, -0.2) is 70.7 Å². The van der Waals surface area contributed by atoms with Crippen molar-refractivity contribution in [3.63, 3.8) is 0 Å². The number of aliphatic hydroxyl groups is 1. The minimum atomic E-state index is -0.647. The minimum absolute atomic E-state index is 0.182. The molecular formula is C19H32N2O4. The molecule has 0 aromatic heterocycles. The van der Waals surface area contributed by atoms with E-state index in [-0.39, 0.29) is 17.4 Å². The van der Waals surface area contributed by atoms with E-state index >= 15 is 0 Å². The van der Waals surface area contributed by atoms with Gasteiger partial charge in [0.2, 0.25) is 11.8 Å². The van der Waals surface area contributed by atoms with Gasteiger partial charge in [-0.25, -0.2) is 0 Å². The Kier molecular flexibility index (Phi) is 5.68. The van der Waals surface area contributed by atoms with Crippen molar-refractivity contribution in [2.24, 2.45) is 0 Å². The Balaban J connectivity index is 1.40. The van der Waals surface area contributed by atoms with Gasteiger partial charge in [0.25, 0.3) is 0 Å². The standard InChI is InChI=1S/C19H32N2O4/c1-18(24)9-14-25-19(15-18)7-12-21(13-8-19)17(23)6-4-11-20-10-3-2-5-16(20)22/h24H,2-15H2,1H3. The maximum absolute atomic E-state index is 12.5. The fourth-order valence-electron chi connectivity index (χ4n) is 4.48. The Labute approximate surface area is 150 Å². The highest BCUT2D eigenvalue weighted by Gasteiger charge is 2.44. The van der Waals surface area contributed by atoms with Gasteiger partial charge in [0, 0.05) is 45.4 Å². The quantitative estimate of drug-likeness (QED) is 0.836. The average Bonchev–Trinajstić information content (AvgIpc) is 2.56. The molecule has 3 saturated heterocycles. The number of carbonyl (C=O) groups is 2. The molecule has 0 bridgehead atoms. The Morgan fingerprint density at radius 3 is 2.64 bits per heavy atom. The summed E-state index contributed by atoms with van der Waals surface area (Å²) < 4.78 is 6.00. The van der Waals surface area contributed by atoms with Gasteiger partial charge in [0.1, 0.15) is 0 Å². The lowest BCUT2D eigenvalue weighted by molar-refractivity contribution is -0.175. The Morgan fingerprint density at radius 2 is 1.96 bits per heavy atom. The first-order chi connectivity index (χ1) is 11.9. The van der Waals surface area contributed by atoms with E-state index in [4.69, 9.17) is 4.74 Å². The number of ether oxygens (including phenoxy) is 1. The van der Waals surface area contributed by atoms with Crippen LogP contribution in [0.5, 0.6) is 0 Å².